The van der Waals surface area contributed by atoms with Gasteiger partial charge >= 0.3 is 0 Å². The van der Waals surface area contributed by atoms with Crippen molar-refractivity contribution in [3.63, 3.8) is 0 Å². The van der Waals surface area contributed by atoms with E-state index in [9.17, 15) is 0 Å². The van der Waals surface area contributed by atoms with Crippen LogP contribution in [0.25, 0.3) is 66.1 Å². The topological polar surface area (TPSA) is 0 Å². The van der Waals surface area contributed by atoms with E-state index in [-0.39, 0.29) is 7.43 Å². The van der Waals surface area contributed by atoms with Crippen LogP contribution in [0.15, 0.2) is 121 Å². The first-order chi connectivity index (χ1) is 15.9. The van der Waals surface area contributed by atoms with Gasteiger partial charge in [0.05, 0.1) is 0 Å². The molecule has 7 rings (SSSR count). The summed E-state index contributed by atoms with van der Waals surface area (Å²) in [4.78, 5) is 0. The molecule has 1 aliphatic rings. The zero-order chi connectivity index (χ0) is 21.1. The highest BCUT2D eigenvalue weighted by molar-refractivity contribution is 6.27. The summed E-state index contributed by atoms with van der Waals surface area (Å²) in [6.07, 6.45) is 0. The van der Waals surface area contributed by atoms with Gasteiger partial charge in [-0.25, -0.2) is 0 Å². The summed E-state index contributed by atoms with van der Waals surface area (Å²) >= 11 is 0. The van der Waals surface area contributed by atoms with Crippen molar-refractivity contribution < 1.29 is 0 Å². The Labute approximate surface area is 194 Å². The Hall–Kier alpha value is -4.16. The zero-order valence-corrected chi connectivity index (χ0v) is 17.5. The monoisotopic (exact) mass is 420 g/mol. The molecule has 0 radical (unpaired) electrons. The fraction of sp³-hybridized carbons (Fsp3) is 0.0303. The number of hydrogen-bond donors (Lipinski definition) is 0. The summed E-state index contributed by atoms with van der Waals surface area (Å²) in [5.41, 5.74) is 10.6. The highest BCUT2D eigenvalue weighted by atomic mass is 14.3. The van der Waals surface area contributed by atoms with Crippen LogP contribution in [0.3, 0.4) is 0 Å². The van der Waals surface area contributed by atoms with E-state index in [1.807, 2.05) is 0 Å². The quantitative estimate of drug-likeness (QED) is 0.261. The zero-order valence-electron chi connectivity index (χ0n) is 17.5. The molecule has 0 saturated carbocycles. The van der Waals surface area contributed by atoms with Gasteiger partial charge < -0.3 is 0 Å². The predicted octanol–water partition coefficient (Wildman–Crippen LogP) is 9.61. The van der Waals surface area contributed by atoms with Crippen molar-refractivity contribution in [3.8, 4) is 44.5 Å². The van der Waals surface area contributed by atoms with Crippen molar-refractivity contribution in [2.45, 2.75) is 7.43 Å². The van der Waals surface area contributed by atoms with E-state index >= 15 is 0 Å². The van der Waals surface area contributed by atoms with Crippen LogP contribution in [0.1, 0.15) is 7.43 Å². The number of benzene rings is 6. The van der Waals surface area contributed by atoms with Crippen LogP contribution in [0.2, 0.25) is 0 Å². The van der Waals surface area contributed by atoms with Gasteiger partial charge in [-0.1, -0.05) is 129 Å². The molecule has 0 aliphatic heterocycles. The second-order valence-corrected chi connectivity index (χ2v) is 8.49. The standard InChI is InChI=1S/C32H20.CH4/c1-3-11-22(12-4-1)29-24-17-7-8-18-25(24)30(23-13-5-2-6-14-23)32-27-20-10-16-21-15-9-19-26(28(21)27)31(29)32;/h1-20H;1H4. The Morgan fingerprint density at radius 3 is 1.21 bits per heavy atom. The van der Waals surface area contributed by atoms with Gasteiger partial charge in [0.1, 0.15) is 0 Å². The molecule has 6 aromatic carbocycles. The van der Waals surface area contributed by atoms with E-state index in [4.69, 9.17) is 0 Å². The van der Waals surface area contributed by atoms with Crippen LogP contribution >= 0.6 is 0 Å². The van der Waals surface area contributed by atoms with Crippen molar-refractivity contribution in [3.05, 3.63) is 121 Å². The van der Waals surface area contributed by atoms with Gasteiger partial charge in [-0.15, -0.1) is 0 Å². The lowest BCUT2D eigenvalue weighted by atomic mass is 9.82. The Kier molecular flexibility index (Phi) is 4.41. The van der Waals surface area contributed by atoms with E-state index in [1.165, 1.54) is 66.1 Å². The number of rotatable bonds is 2. The minimum absolute atomic E-state index is 0. The summed E-state index contributed by atoms with van der Waals surface area (Å²) in [6, 6.07) is 44.1. The number of fused-ring (bicyclic) bond motifs is 4. The third-order valence-corrected chi connectivity index (χ3v) is 6.78. The smallest absolute Gasteiger partial charge is 0.000742 e. The van der Waals surface area contributed by atoms with Crippen molar-refractivity contribution in [2.24, 2.45) is 0 Å². The van der Waals surface area contributed by atoms with Crippen LogP contribution in [-0.2, 0) is 0 Å². The van der Waals surface area contributed by atoms with Gasteiger partial charge in [-0.2, -0.15) is 0 Å². The maximum Gasteiger partial charge on any atom is -0.000742 e. The Morgan fingerprint density at radius 2 is 0.758 bits per heavy atom. The molecule has 0 aromatic heterocycles. The SMILES string of the molecule is C.c1ccc(-c2c3c(c(-c4ccccc4)c4ccccc24)-c2cccc4cccc-3c24)cc1. The molecule has 0 fully saturated rings. The van der Waals surface area contributed by atoms with E-state index in [0.29, 0.717) is 0 Å². The first-order valence-electron chi connectivity index (χ1n) is 11.1. The van der Waals surface area contributed by atoms with Crippen LogP contribution < -0.4 is 0 Å². The second-order valence-electron chi connectivity index (χ2n) is 8.49. The fourth-order valence-electron chi connectivity index (χ4n) is 5.54. The van der Waals surface area contributed by atoms with Crippen LogP contribution in [0.5, 0.6) is 0 Å². The largest absolute Gasteiger partial charge is 0.0776 e. The Bertz CT molecular complexity index is 1520. The van der Waals surface area contributed by atoms with Crippen LogP contribution in [-0.4, -0.2) is 0 Å². The molecule has 0 nitrogen and oxygen atoms in total. The predicted molar refractivity (Wildman–Crippen MR) is 143 cm³/mol. The van der Waals surface area contributed by atoms with Gasteiger partial charge in [-0.05, 0) is 66.1 Å². The van der Waals surface area contributed by atoms with Gasteiger partial charge in [0.2, 0.25) is 0 Å². The summed E-state index contributed by atoms with van der Waals surface area (Å²) in [7, 11) is 0. The number of hydrogen-bond acceptors (Lipinski definition) is 0. The highest BCUT2D eigenvalue weighted by Gasteiger charge is 2.29. The maximum absolute atomic E-state index is 2.30. The third kappa shape index (κ3) is 2.71. The van der Waals surface area contributed by atoms with Crippen molar-refractivity contribution in [1.29, 1.82) is 0 Å². The lowest BCUT2D eigenvalue weighted by Gasteiger charge is -2.20. The lowest BCUT2D eigenvalue weighted by molar-refractivity contribution is 1.62. The first-order valence-corrected chi connectivity index (χ1v) is 11.1. The summed E-state index contributed by atoms with van der Waals surface area (Å²) in [5.74, 6) is 0. The van der Waals surface area contributed by atoms with Crippen molar-refractivity contribution in [2.75, 3.05) is 0 Å². The van der Waals surface area contributed by atoms with E-state index < -0.39 is 0 Å². The van der Waals surface area contributed by atoms with Gasteiger partial charge in [0.15, 0.2) is 0 Å². The minimum Gasteiger partial charge on any atom is -0.0776 e. The Balaban J connectivity index is 0.00000206. The summed E-state index contributed by atoms with van der Waals surface area (Å²) in [5, 5.41) is 5.29. The highest BCUT2D eigenvalue weighted by Crippen LogP contribution is 2.57. The molecule has 0 atom stereocenters. The summed E-state index contributed by atoms with van der Waals surface area (Å²) < 4.78 is 0. The van der Waals surface area contributed by atoms with Crippen molar-refractivity contribution >= 4 is 21.5 Å². The van der Waals surface area contributed by atoms with E-state index in [0.717, 1.165) is 0 Å². The molecule has 0 N–H and O–H groups in total. The van der Waals surface area contributed by atoms with E-state index in [1.54, 1.807) is 0 Å². The van der Waals surface area contributed by atoms with Crippen LogP contribution in [0.4, 0.5) is 0 Å². The van der Waals surface area contributed by atoms with Crippen LogP contribution in [0, 0.1) is 0 Å². The average molecular weight is 421 g/mol. The lowest BCUT2D eigenvalue weighted by Crippen LogP contribution is -1.93. The van der Waals surface area contributed by atoms with Gasteiger partial charge in [0.25, 0.3) is 0 Å². The summed E-state index contributed by atoms with van der Waals surface area (Å²) in [6.45, 7) is 0. The third-order valence-electron chi connectivity index (χ3n) is 6.78. The van der Waals surface area contributed by atoms with Crippen molar-refractivity contribution in [1.82, 2.24) is 0 Å². The molecule has 0 saturated heterocycles. The van der Waals surface area contributed by atoms with Gasteiger partial charge in [0, 0.05) is 0 Å². The molecule has 0 unspecified atom stereocenters. The normalized spacial score (nSPS) is 11.4. The molecular formula is C33H24. The average Bonchev–Trinajstić information content (AvgIpc) is 3.19. The van der Waals surface area contributed by atoms with E-state index in [2.05, 4.69) is 121 Å². The molecule has 33 heavy (non-hydrogen) atoms. The molecule has 6 aromatic rings. The molecule has 1 aliphatic carbocycles. The molecule has 0 bridgehead atoms. The fourth-order valence-corrected chi connectivity index (χ4v) is 5.54. The molecule has 0 heteroatoms. The molecule has 0 amide bonds. The molecular weight excluding hydrogens is 396 g/mol. The molecule has 156 valence electrons. The molecule has 0 heterocycles. The molecule has 0 spiro atoms. The first kappa shape index (κ1) is 19.5. The maximum atomic E-state index is 2.30. The second kappa shape index (κ2) is 7.46. The van der Waals surface area contributed by atoms with Gasteiger partial charge in [-0.3, -0.25) is 0 Å². The minimum atomic E-state index is 0. The Morgan fingerprint density at radius 1 is 0.333 bits per heavy atom.